The van der Waals surface area contributed by atoms with Gasteiger partial charge < -0.3 is 9.15 Å². The third kappa shape index (κ3) is 3.84. The molecule has 0 aliphatic carbocycles. The van der Waals surface area contributed by atoms with Gasteiger partial charge in [-0.3, -0.25) is 14.5 Å². The molecule has 1 aliphatic rings. The van der Waals surface area contributed by atoms with Gasteiger partial charge in [0.15, 0.2) is 6.61 Å². The molecule has 0 radical (unpaired) electrons. The molecule has 2 amide bonds. The van der Waals surface area contributed by atoms with Gasteiger partial charge in [0.2, 0.25) is 5.89 Å². The van der Waals surface area contributed by atoms with Crippen LogP contribution in [0, 0.1) is 12.8 Å². The molecule has 8 heteroatoms. The summed E-state index contributed by atoms with van der Waals surface area (Å²) >= 11 is 0. The smallest absolute Gasteiger partial charge is 0.330 e. The van der Waals surface area contributed by atoms with E-state index in [1.165, 1.54) is 0 Å². The number of amides is 2. The second kappa shape index (κ2) is 8.14. The molecule has 1 aromatic heterocycles. The van der Waals surface area contributed by atoms with Crippen LogP contribution in [0.4, 0.5) is 0 Å². The number of carbonyl (C=O) groups excluding carboxylic acids is 3. The van der Waals surface area contributed by atoms with E-state index in [1.54, 1.807) is 38.1 Å². The summed E-state index contributed by atoms with van der Waals surface area (Å²) in [5.74, 6) is -1.63. The molecule has 158 valence electrons. The van der Waals surface area contributed by atoms with E-state index < -0.39 is 23.8 Å². The highest BCUT2D eigenvalue weighted by Crippen LogP contribution is 2.28. The molecule has 4 rings (SSSR count). The SMILES string of the molecule is Cc1cccc(-c2nnc(COC(=O)[C@@H](C(C)C)N3C(=O)c4ccccc4C3=O)o2)c1. The summed E-state index contributed by atoms with van der Waals surface area (Å²) in [7, 11) is 0. The van der Waals surface area contributed by atoms with Crippen molar-refractivity contribution in [1.29, 1.82) is 0 Å². The molecule has 0 bridgehead atoms. The van der Waals surface area contributed by atoms with Gasteiger partial charge in [0, 0.05) is 5.56 Å². The zero-order valence-corrected chi connectivity index (χ0v) is 17.4. The number of hydrogen-bond donors (Lipinski definition) is 0. The number of fused-ring (bicyclic) bond motifs is 1. The van der Waals surface area contributed by atoms with Gasteiger partial charge in [-0.25, -0.2) is 4.79 Å². The van der Waals surface area contributed by atoms with E-state index >= 15 is 0 Å². The van der Waals surface area contributed by atoms with E-state index in [9.17, 15) is 14.4 Å². The number of nitrogens with zero attached hydrogens (tertiary/aromatic N) is 3. The van der Waals surface area contributed by atoms with Crippen molar-refractivity contribution < 1.29 is 23.5 Å². The maximum Gasteiger partial charge on any atom is 0.330 e. The van der Waals surface area contributed by atoms with Crippen LogP contribution in [-0.4, -0.2) is 38.9 Å². The molecule has 1 atom stereocenters. The average molecular weight is 419 g/mol. The van der Waals surface area contributed by atoms with Crippen molar-refractivity contribution in [3.63, 3.8) is 0 Å². The highest BCUT2D eigenvalue weighted by Gasteiger charge is 2.44. The Morgan fingerprint density at radius 3 is 2.32 bits per heavy atom. The summed E-state index contributed by atoms with van der Waals surface area (Å²) in [4.78, 5) is 39.4. The Balaban J connectivity index is 1.48. The van der Waals surface area contributed by atoms with Crippen LogP contribution in [0.1, 0.15) is 46.0 Å². The lowest BCUT2D eigenvalue weighted by Crippen LogP contribution is -2.48. The molecule has 0 saturated heterocycles. The van der Waals surface area contributed by atoms with Crippen LogP contribution in [0.2, 0.25) is 0 Å². The number of hydrogen-bond acceptors (Lipinski definition) is 7. The molecular formula is C23H21N3O5. The van der Waals surface area contributed by atoms with Gasteiger partial charge in [-0.2, -0.15) is 0 Å². The van der Waals surface area contributed by atoms with E-state index in [-0.39, 0.29) is 29.5 Å². The third-order valence-corrected chi connectivity index (χ3v) is 5.05. The van der Waals surface area contributed by atoms with Crippen molar-refractivity contribution in [2.45, 2.75) is 33.4 Å². The van der Waals surface area contributed by atoms with E-state index in [4.69, 9.17) is 9.15 Å². The van der Waals surface area contributed by atoms with Crippen LogP contribution in [0.25, 0.3) is 11.5 Å². The Bertz CT molecular complexity index is 1130. The molecule has 0 saturated carbocycles. The second-order valence-electron chi connectivity index (χ2n) is 7.69. The maximum atomic E-state index is 12.9. The Morgan fingerprint density at radius 1 is 1.03 bits per heavy atom. The van der Waals surface area contributed by atoms with Gasteiger partial charge in [0.1, 0.15) is 6.04 Å². The second-order valence-corrected chi connectivity index (χ2v) is 7.69. The first-order valence-corrected chi connectivity index (χ1v) is 9.90. The van der Waals surface area contributed by atoms with Gasteiger partial charge in [0.25, 0.3) is 17.7 Å². The van der Waals surface area contributed by atoms with Gasteiger partial charge in [0.05, 0.1) is 11.1 Å². The summed E-state index contributed by atoms with van der Waals surface area (Å²) in [6, 6.07) is 13.0. The number of carbonyl (C=O) groups is 3. The van der Waals surface area contributed by atoms with E-state index in [2.05, 4.69) is 10.2 Å². The third-order valence-electron chi connectivity index (χ3n) is 5.05. The quantitative estimate of drug-likeness (QED) is 0.446. The van der Waals surface area contributed by atoms with Crippen LogP contribution in [0.15, 0.2) is 52.9 Å². The number of aryl methyl sites for hydroxylation is 1. The number of aromatic nitrogens is 2. The molecule has 3 aromatic rings. The van der Waals surface area contributed by atoms with Crippen LogP contribution < -0.4 is 0 Å². The molecule has 8 nitrogen and oxygen atoms in total. The van der Waals surface area contributed by atoms with Crippen LogP contribution in [0.5, 0.6) is 0 Å². The molecule has 0 N–H and O–H groups in total. The number of ether oxygens (including phenoxy) is 1. The maximum absolute atomic E-state index is 12.9. The predicted octanol–water partition coefficient (Wildman–Crippen LogP) is 3.41. The number of benzene rings is 2. The van der Waals surface area contributed by atoms with E-state index in [0.29, 0.717) is 5.89 Å². The van der Waals surface area contributed by atoms with Gasteiger partial charge in [-0.05, 0) is 37.1 Å². The highest BCUT2D eigenvalue weighted by atomic mass is 16.5. The molecule has 1 aliphatic heterocycles. The number of rotatable bonds is 6. The Morgan fingerprint density at radius 2 is 1.71 bits per heavy atom. The number of imide groups is 1. The highest BCUT2D eigenvalue weighted by molar-refractivity contribution is 6.22. The summed E-state index contributed by atoms with van der Waals surface area (Å²) in [6.07, 6.45) is 0. The molecule has 2 aromatic carbocycles. The van der Waals surface area contributed by atoms with Crippen molar-refractivity contribution in [2.24, 2.45) is 5.92 Å². The van der Waals surface area contributed by atoms with Crippen LogP contribution in [-0.2, 0) is 16.1 Å². The molecule has 31 heavy (non-hydrogen) atoms. The monoisotopic (exact) mass is 419 g/mol. The fourth-order valence-corrected chi connectivity index (χ4v) is 3.56. The first-order chi connectivity index (χ1) is 14.9. The van der Waals surface area contributed by atoms with Crippen molar-refractivity contribution >= 4 is 17.8 Å². The summed E-state index contributed by atoms with van der Waals surface area (Å²) in [5, 5.41) is 7.90. The Labute approximate surface area is 178 Å². The summed E-state index contributed by atoms with van der Waals surface area (Å²) in [6.45, 7) is 5.19. The van der Waals surface area contributed by atoms with E-state index in [1.807, 2.05) is 31.2 Å². The minimum absolute atomic E-state index is 0.120. The Hall–Kier alpha value is -3.81. The molecule has 0 fully saturated rings. The first-order valence-electron chi connectivity index (χ1n) is 9.90. The summed E-state index contributed by atoms with van der Waals surface area (Å²) in [5.41, 5.74) is 2.37. The standard InChI is InChI=1S/C23H21N3O5/c1-13(2)19(26-21(27)16-9-4-5-10-17(16)22(26)28)23(29)30-12-18-24-25-20(31-18)15-8-6-7-14(3)11-15/h4-11,13,19H,12H2,1-3H3/t19-/m1/s1. The van der Waals surface area contributed by atoms with E-state index in [0.717, 1.165) is 16.0 Å². The zero-order chi connectivity index (χ0) is 22.1. The number of esters is 1. The molecule has 0 spiro atoms. The lowest BCUT2D eigenvalue weighted by molar-refractivity contribution is -0.151. The fraction of sp³-hybridized carbons (Fsp3) is 0.261. The largest absolute Gasteiger partial charge is 0.454 e. The first kappa shape index (κ1) is 20.5. The average Bonchev–Trinajstić information content (AvgIpc) is 3.32. The minimum atomic E-state index is -1.06. The molecule has 0 unspecified atom stereocenters. The van der Waals surface area contributed by atoms with Crippen molar-refractivity contribution in [3.8, 4) is 11.5 Å². The normalized spacial score (nSPS) is 14.1. The van der Waals surface area contributed by atoms with Crippen LogP contribution in [0.3, 0.4) is 0 Å². The fourth-order valence-electron chi connectivity index (χ4n) is 3.56. The minimum Gasteiger partial charge on any atom is -0.454 e. The lowest BCUT2D eigenvalue weighted by atomic mass is 10.0. The summed E-state index contributed by atoms with van der Waals surface area (Å²) < 4.78 is 10.9. The van der Waals surface area contributed by atoms with Gasteiger partial charge in [-0.1, -0.05) is 43.7 Å². The topological polar surface area (TPSA) is 103 Å². The van der Waals surface area contributed by atoms with Crippen molar-refractivity contribution in [3.05, 3.63) is 71.1 Å². The molecular weight excluding hydrogens is 398 g/mol. The Kier molecular flexibility index (Phi) is 5.37. The van der Waals surface area contributed by atoms with Crippen molar-refractivity contribution in [2.75, 3.05) is 0 Å². The van der Waals surface area contributed by atoms with Gasteiger partial charge >= 0.3 is 5.97 Å². The van der Waals surface area contributed by atoms with Crippen LogP contribution >= 0.6 is 0 Å². The lowest BCUT2D eigenvalue weighted by Gasteiger charge is -2.27. The zero-order valence-electron chi connectivity index (χ0n) is 17.4. The predicted molar refractivity (Wildman–Crippen MR) is 110 cm³/mol. The van der Waals surface area contributed by atoms with Crippen molar-refractivity contribution in [1.82, 2.24) is 15.1 Å². The van der Waals surface area contributed by atoms with Gasteiger partial charge in [-0.15, -0.1) is 10.2 Å². The molecule has 2 heterocycles.